The van der Waals surface area contributed by atoms with E-state index >= 15 is 0 Å². The van der Waals surface area contributed by atoms with E-state index in [9.17, 15) is 4.79 Å². The largest absolute Gasteiger partial charge is 0.468 e. The number of aromatic nitrogens is 3. The number of halogens is 1. The second kappa shape index (κ2) is 8.91. The molecule has 1 fully saturated rings. The van der Waals surface area contributed by atoms with Crippen molar-refractivity contribution in [2.75, 3.05) is 20.2 Å². The van der Waals surface area contributed by atoms with E-state index in [1.807, 2.05) is 0 Å². The number of carbonyl (C=O) groups is 1. The predicted molar refractivity (Wildman–Crippen MR) is 92.8 cm³/mol. The van der Waals surface area contributed by atoms with E-state index in [2.05, 4.69) is 31.9 Å². The topological polar surface area (TPSA) is 98.6 Å². The maximum Gasteiger partial charge on any atom is 0.327 e. The normalized spacial score (nSPS) is 16.3. The van der Waals surface area contributed by atoms with Crippen molar-refractivity contribution in [3.63, 3.8) is 0 Å². The highest BCUT2D eigenvalue weighted by molar-refractivity contribution is 14.0. The highest BCUT2D eigenvalue weighted by atomic mass is 127. The van der Waals surface area contributed by atoms with Gasteiger partial charge in [0.1, 0.15) is 12.2 Å². The van der Waals surface area contributed by atoms with Crippen LogP contribution in [0, 0.1) is 5.92 Å². The van der Waals surface area contributed by atoms with Crippen molar-refractivity contribution in [2.24, 2.45) is 16.6 Å². The van der Waals surface area contributed by atoms with E-state index in [0.717, 1.165) is 31.8 Å². The average Bonchev–Trinajstić information content (AvgIpc) is 2.93. The Balaban J connectivity index is 0.00000242. The van der Waals surface area contributed by atoms with Crippen LogP contribution < -0.4 is 5.73 Å². The Morgan fingerprint density at radius 3 is 2.82 bits per heavy atom. The molecule has 2 N–H and O–H groups in total. The maximum atomic E-state index is 11.1. The van der Waals surface area contributed by atoms with Crippen LogP contribution in [-0.4, -0.2) is 52.0 Å². The van der Waals surface area contributed by atoms with Gasteiger partial charge in [-0.15, -0.1) is 29.1 Å². The second-order valence-electron chi connectivity index (χ2n) is 5.33. The van der Waals surface area contributed by atoms with Crippen LogP contribution in [0.5, 0.6) is 0 Å². The van der Waals surface area contributed by atoms with Crippen LogP contribution in [0.25, 0.3) is 0 Å². The predicted octanol–water partition coefficient (Wildman–Crippen LogP) is 0.616. The van der Waals surface area contributed by atoms with Gasteiger partial charge in [0.25, 0.3) is 0 Å². The zero-order chi connectivity index (χ0) is 15.2. The van der Waals surface area contributed by atoms with Crippen molar-refractivity contribution < 1.29 is 9.53 Å². The molecule has 2 heterocycles. The Kier molecular flexibility index (Phi) is 7.56. The van der Waals surface area contributed by atoms with Gasteiger partial charge >= 0.3 is 5.97 Å². The molecule has 0 aliphatic carbocycles. The lowest BCUT2D eigenvalue weighted by molar-refractivity contribution is -0.141. The number of carbonyl (C=O) groups excluding carboxylic acids is 1. The van der Waals surface area contributed by atoms with E-state index in [0.29, 0.717) is 18.2 Å². The molecule has 9 heteroatoms. The Morgan fingerprint density at radius 2 is 2.18 bits per heavy atom. The SMILES string of the molecule is COC(=O)Cn1cc(CN=C(N)N2CCC(C)CC2)nn1.I. The number of piperidine rings is 1. The number of likely N-dealkylation sites (tertiary alicyclic amines) is 1. The van der Waals surface area contributed by atoms with Gasteiger partial charge in [0.15, 0.2) is 5.96 Å². The molecule has 2 rings (SSSR count). The van der Waals surface area contributed by atoms with Crippen molar-refractivity contribution in [3.8, 4) is 0 Å². The van der Waals surface area contributed by atoms with Crippen LogP contribution in [0.4, 0.5) is 0 Å². The van der Waals surface area contributed by atoms with Crippen LogP contribution in [-0.2, 0) is 22.6 Å². The summed E-state index contributed by atoms with van der Waals surface area (Å²) in [5.74, 6) is 0.939. The van der Waals surface area contributed by atoms with E-state index < -0.39 is 0 Å². The third-order valence-corrected chi connectivity index (χ3v) is 3.62. The van der Waals surface area contributed by atoms with Crippen molar-refractivity contribution in [1.82, 2.24) is 19.9 Å². The summed E-state index contributed by atoms with van der Waals surface area (Å²) in [7, 11) is 1.34. The minimum absolute atomic E-state index is 0. The number of nitrogens with zero attached hydrogens (tertiary/aromatic N) is 5. The van der Waals surface area contributed by atoms with Crippen molar-refractivity contribution in [2.45, 2.75) is 32.9 Å². The first-order valence-corrected chi connectivity index (χ1v) is 7.09. The van der Waals surface area contributed by atoms with Gasteiger partial charge in [0.05, 0.1) is 19.9 Å². The summed E-state index contributed by atoms with van der Waals surface area (Å²) in [6.07, 6.45) is 3.96. The van der Waals surface area contributed by atoms with Gasteiger partial charge in [-0.1, -0.05) is 12.1 Å². The average molecular weight is 422 g/mol. The summed E-state index contributed by atoms with van der Waals surface area (Å²) < 4.78 is 5.99. The molecule has 1 aliphatic heterocycles. The lowest BCUT2D eigenvalue weighted by atomic mass is 10.00. The van der Waals surface area contributed by atoms with E-state index in [-0.39, 0.29) is 36.5 Å². The van der Waals surface area contributed by atoms with Gasteiger partial charge in [0.2, 0.25) is 0 Å². The summed E-state index contributed by atoms with van der Waals surface area (Å²) in [5.41, 5.74) is 6.67. The molecule has 0 saturated carbocycles. The first-order valence-electron chi connectivity index (χ1n) is 7.09. The molecule has 124 valence electrons. The molecule has 0 aromatic carbocycles. The molecule has 1 saturated heterocycles. The molecule has 1 aromatic rings. The van der Waals surface area contributed by atoms with Gasteiger partial charge in [-0.2, -0.15) is 0 Å². The molecular weight excluding hydrogens is 399 g/mol. The number of hydrogen-bond donors (Lipinski definition) is 1. The van der Waals surface area contributed by atoms with Gasteiger partial charge in [0, 0.05) is 13.1 Å². The van der Waals surface area contributed by atoms with Crippen LogP contribution in [0.3, 0.4) is 0 Å². The molecular formula is C13H23IN6O2. The summed E-state index contributed by atoms with van der Waals surface area (Å²) >= 11 is 0. The smallest absolute Gasteiger partial charge is 0.327 e. The number of nitrogens with two attached hydrogens (primary N) is 1. The zero-order valence-electron chi connectivity index (χ0n) is 12.9. The van der Waals surface area contributed by atoms with Crippen LogP contribution >= 0.6 is 24.0 Å². The quantitative estimate of drug-likeness (QED) is 0.331. The molecule has 1 aliphatic rings. The molecule has 0 atom stereocenters. The highest BCUT2D eigenvalue weighted by Gasteiger charge is 2.17. The number of methoxy groups -OCH3 is 1. The summed E-state index contributed by atoms with van der Waals surface area (Å²) in [5, 5.41) is 7.80. The van der Waals surface area contributed by atoms with E-state index in [4.69, 9.17) is 5.73 Å². The Hall–Kier alpha value is -1.39. The summed E-state index contributed by atoms with van der Waals surface area (Å²) in [4.78, 5) is 17.6. The fraction of sp³-hybridized carbons (Fsp3) is 0.692. The molecule has 0 bridgehead atoms. The zero-order valence-corrected chi connectivity index (χ0v) is 15.3. The van der Waals surface area contributed by atoms with Gasteiger partial charge in [-0.3, -0.25) is 4.79 Å². The third kappa shape index (κ3) is 5.43. The van der Waals surface area contributed by atoms with E-state index in [1.165, 1.54) is 11.8 Å². The number of ether oxygens (including phenoxy) is 1. The van der Waals surface area contributed by atoms with Crippen LogP contribution in [0.1, 0.15) is 25.5 Å². The first-order chi connectivity index (χ1) is 10.1. The second-order valence-corrected chi connectivity index (χ2v) is 5.33. The monoisotopic (exact) mass is 422 g/mol. The highest BCUT2D eigenvalue weighted by Crippen LogP contribution is 2.15. The number of esters is 1. The van der Waals surface area contributed by atoms with Crippen LogP contribution in [0.2, 0.25) is 0 Å². The fourth-order valence-corrected chi connectivity index (χ4v) is 2.18. The molecule has 1 aromatic heterocycles. The molecule has 0 radical (unpaired) electrons. The summed E-state index contributed by atoms with van der Waals surface area (Å²) in [6.45, 7) is 4.56. The number of rotatable bonds is 4. The number of guanidine groups is 1. The standard InChI is InChI=1S/C13H22N6O2.HI/c1-10-3-5-18(6-4-10)13(14)15-7-11-8-19(17-16-11)9-12(20)21-2;/h8,10H,3-7,9H2,1-2H3,(H2,14,15);1H. The minimum atomic E-state index is -0.364. The molecule has 0 unspecified atom stereocenters. The van der Waals surface area contributed by atoms with Gasteiger partial charge in [-0.25, -0.2) is 9.67 Å². The molecule has 0 spiro atoms. The lowest BCUT2D eigenvalue weighted by Gasteiger charge is -2.30. The first kappa shape index (κ1) is 18.7. The number of aliphatic imine (C=N–C) groups is 1. The maximum absolute atomic E-state index is 11.1. The Labute approximate surface area is 147 Å². The molecule has 0 amide bonds. The van der Waals surface area contributed by atoms with Gasteiger partial charge < -0.3 is 15.4 Å². The van der Waals surface area contributed by atoms with Crippen molar-refractivity contribution >= 4 is 35.9 Å². The minimum Gasteiger partial charge on any atom is -0.468 e. The summed E-state index contributed by atoms with van der Waals surface area (Å²) in [6, 6.07) is 0. The van der Waals surface area contributed by atoms with Crippen molar-refractivity contribution in [1.29, 1.82) is 0 Å². The Bertz CT molecular complexity index is 510. The molecule has 8 nitrogen and oxygen atoms in total. The molecule has 22 heavy (non-hydrogen) atoms. The third-order valence-electron chi connectivity index (χ3n) is 3.62. The number of hydrogen-bond acceptors (Lipinski definition) is 5. The Morgan fingerprint density at radius 1 is 1.50 bits per heavy atom. The fourth-order valence-electron chi connectivity index (χ4n) is 2.18. The van der Waals surface area contributed by atoms with Gasteiger partial charge in [-0.05, 0) is 18.8 Å². The van der Waals surface area contributed by atoms with Crippen LogP contribution in [0.15, 0.2) is 11.2 Å². The van der Waals surface area contributed by atoms with Crippen molar-refractivity contribution in [3.05, 3.63) is 11.9 Å². The lowest BCUT2D eigenvalue weighted by Crippen LogP contribution is -2.42. The van der Waals surface area contributed by atoms with E-state index in [1.54, 1.807) is 6.20 Å².